The zero-order valence-electron chi connectivity index (χ0n) is 8.72. The summed E-state index contributed by atoms with van der Waals surface area (Å²) in [4.78, 5) is 22.8. The van der Waals surface area contributed by atoms with Crippen LogP contribution in [0.4, 0.5) is 5.69 Å². The van der Waals surface area contributed by atoms with E-state index < -0.39 is 0 Å². The van der Waals surface area contributed by atoms with Crippen LogP contribution in [-0.4, -0.2) is 10.5 Å². The molecule has 1 amide bonds. The van der Waals surface area contributed by atoms with Gasteiger partial charge in [-0.1, -0.05) is 27.3 Å². The highest BCUT2D eigenvalue weighted by molar-refractivity contribution is 9.10. The van der Waals surface area contributed by atoms with Crippen molar-refractivity contribution in [2.45, 2.75) is 6.54 Å². The van der Waals surface area contributed by atoms with Crippen molar-refractivity contribution in [1.82, 2.24) is 4.57 Å². The standard InChI is InChI=1S/C11H9BrN2O2S/c12-8-1-3-9(4-2-8)13-10(15)7-14-5-6-17-11(14)16/h1-6H,7H2,(H,13,15). The number of hydrogen-bond acceptors (Lipinski definition) is 3. The normalized spacial score (nSPS) is 10.2. The molecule has 17 heavy (non-hydrogen) atoms. The monoisotopic (exact) mass is 312 g/mol. The number of amides is 1. The molecule has 0 fully saturated rings. The molecule has 0 atom stereocenters. The molecular formula is C11H9BrN2O2S. The number of aromatic nitrogens is 1. The molecule has 0 aliphatic carbocycles. The van der Waals surface area contributed by atoms with Gasteiger partial charge in [0, 0.05) is 21.7 Å². The first kappa shape index (κ1) is 12.1. The Hall–Kier alpha value is -1.40. The second-order valence-corrected chi connectivity index (χ2v) is 5.12. The second kappa shape index (κ2) is 5.29. The lowest BCUT2D eigenvalue weighted by Crippen LogP contribution is -2.23. The average Bonchev–Trinajstić information content (AvgIpc) is 2.68. The highest BCUT2D eigenvalue weighted by Gasteiger charge is 2.05. The van der Waals surface area contributed by atoms with Gasteiger partial charge in [-0.2, -0.15) is 0 Å². The van der Waals surface area contributed by atoms with Crippen LogP contribution in [0.3, 0.4) is 0 Å². The third kappa shape index (κ3) is 3.28. The van der Waals surface area contributed by atoms with E-state index >= 15 is 0 Å². The van der Waals surface area contributed by atoms with E-state index in [-0.39, 0.29) is 17.3 Å². The summed E-state index contributed by atoms with van der Waals surface area (Å²) in [6.07, 6.45) is 1.61. The SMILES string of the molecule is O=C(Cn1ccsc1=O)Nc1ccc(Br)cc1. The lowest BCUT2D eigenvalue weighted by atomic mass is 10.3. The van der Waals surface area contributed by atoms with Crippen molar-refractivity contribution in [3.63, 3.8) is 0 Å². The summed E-state index contributed by atoms with van der Waals surface area (Å²) >= 11 is 4.39. The van der Waals surface area contributed by atoms with Crippen molar-refractivity contribution in [1.29, 1.82) is 0 Å². The van der Waals surface area contributed by atoms with Gasteiger partial charge < -0.3 is 5.32 Å². The predicted molar refractivity (Wildman–Crippen MR) is 71.4 cm³/mol. The number of halogens is 1. The van der Waals surface area contributed by atoms with Gasteiger partial charge in [0.15, 0.2) is 0 Å². The van der Waals surface area contributed by atoms with E-state index in [0.717, 1.165) is 15.8 Å². The maximum atomic E-state index is 11.6. The lowest BCUT2D eigenvalue weighted by molar-refractivity contribution is -0.116. The largest absolute Gasteiger partial charge is 0.325 e. The van der Waals surface area contributed by atoms with Gasteiger partial charge >= 0.3 is 4.87 Å². The summed E-state index contributed by atoms with van der Waals surface area (Å²) in [5.74, 6) is -0.215. The van der Waals surface area contributed by atoms with E-state index in [1.54, 1.807) is 23.7 Å². The minimum atomic E-state index is -0.215. The van der Waals surface area contributed by atoms with Crippen LogP contribution in [0.15, 0.2) is 45.1 Å². The van der Waals surface area contributed by atoms with Crippen molar-refractivity contribution >= 4 is 38.9 Å². The minimum Gasteiger partial charge on any atom is -0.325 e. The predicted octanol–water partition coefficient (Wildman–Crippen LogP) is 2.31. The maximum Gasteiger partial charge on any atom is 0.307 e. The van der Waals surface area contributed by atoms with Crippen LogP contribution < -0.4 is 10.2 Å². The molecule has 0 spiro atoms. The second-order valence-electron chi connectivity index (χ2n) is 3.35. The molecule has 2 aromatic rings. The van der Waals surface area contributed by atoms with Crippen LogP contribution >= 0.6 is 27.3 Å². The Balaban J connectivity index is 2.00. The summed E-state index contributed by atoms with van der Waals surface area (Å²) in [5, 5.41) is 4.38. The number of nitrogens with one attached hydrogen (secondary N) is 1. The summed E-state index contributed by atoms with van der Waals surface area (Å²) < 4.78 is 2.32. The Morgan fingerprint density at radius 2 is 2.06 bits per heavy atom. The molecule has 0 saturated heterocycles. The first-order valence-electron chi connectivity index (χ1n) is 4.84. The van der Waals surface area contributed by atoms with Gasteiger partial charge in [0.05, 0.1) is 0 Å². The average molecular weight is 313 g/mol. The summed E-state index contributed by atoms with van der Waals surface area (Å²) in [7, 11) is 0. The number of rotatable bonds is 3. The molecule has 0 bridgehead atoms. The molecule has 1 aromatic heterocycles. The fourth-order valence-corrected chi connectivity index (χ4v) is 2.15. The van der Waals surface area contributed by atoms with E-state index in [0.29, 0.717) is 5.69 Å². The van der Waals surface area contributed by atoms with Crippen LogP contribution in [0, 0.1) is 0 Å². The third-order valence-electron chi connectivity index (χ3n) is 2.09. The Kier molecular flexibility index (Phi) is 3.75. The Morgan fingerprint density at radius 1 is 1.35 bits per heavy atom. The van der Waals surface area contributed by atoms with Gasteiger partial charge in [-0.25, -0.2) is 0 Å². The zero-order chi connectivity index (χ0) is 12.3. The smallest absolute Gasteiger partial charge is 0.307 e. The molecule has 88 valence electrons. The minimum absolute atomic E-state index is 0.0401. The van der Waals surface area contributed by atoms with Crippen molar-refractivity contribution in [3.05, 3.63) is 50.0 Å². The van der Waals surface area contributed by atoms with Crippen molar-refractivity contribution < 1.29 is 4.79 Å². The molecule has 1 aromatic carbocycles. The molecule has 0 unspecified atom stereocenters. The van der Waals surface area contributed by atoms with E-state index in [4.69, 9.17) is 0 Å². The van der Waals surface area contributed by atoms with Gasteiger partial charge in [0.1, 0.15) is 6.54 Å². The molecule has 6 heteroatoms. The van der Waals surface area contributed by atoms with E-state index in [1.807, 2.05) is 12.1 Å². The Bertz CT molecular complexity index is 574. The van der Waals surface area contributed by atoms with E-state index in [1.165, 1.54) is 4.57 Å². The van der Waals surface area contributed by atoms with Crippen LogP contribution in [0.1, 0.15) is 0 Å². The molecule has 0 aliphatic rings. The first-order chi connectivity index (χ1) is 8.15. The molecular weight excluding hydrogens is 304 g/mol. The van der Waals surface area contributed by atoms with Gasteiger partial charge in [0.25, 0.3) is 0 Å². The molecule has 2 rings (SSSR count). The van der Waals surface area contributed by atoms with Gasteiger partial charge in [0.2, 0.25) is 5.91 Å². The number of anilines is 1. The van der Waals surface area contributed by atoms with Crippen molar-refractivity contribution in [3.8, 4) is 0 Å². The fraction of sp³-hybridized carbons (Fsp3) is 0.0909. The zero-order valence-corrected chi connectivity index (χ0v) is 11.1. The van der Waals surface area contributed by atoms with Crippen LogP contribution in [0.25, 0.3) is 0 Å². The highest BCUT2D eigenvalue weighted by Crippen LogP contribution is 2.13. The number of carbonyl (C=O) groups is 1. The van der Waals surface area contributed by atoms with Crippen LogP contribution in [0.5, 0.6) is 0 Å². The van der Waals surface area contributed by atoms with E-state index in [9.17, 15) is 9.59 Å². The Labute approximate surface area is 110 Å². The van der Waals surface area contributed by atoms with E-state index in [2.05, 4.69) is 21.2 Å². The van der Waals surface area contributed by atoms with Gasteiger partial charge in [-0.15, -0.1) is 0 Å². The molecule has 0 aliphatic heterocycles. The molecule has 1 heterocycles. The molecule has 0 radical (unpaired) electrons. The maximum absolute atomic E-state index is 11.6. The summed E-state index contributed by atoms with van der Waals surface area (Å²) in [5.41, 5.74) is 0.710. The van der Waals surface area contributed by atoms with Crippen LogP contribution in [-0.2, 0) is 11.3 Å². The highest BCUT2D eigenvalue weighted by atomic mass is 79.9. The van der Waals surface area contributed by atoms with Crippen molar-refractivity contribution in [2.75, 3.05) is 5.32 Å². The van der Waals surface area contributed by atoms with Crippen molar-refractivity contribution in [2.24, 2.45) is 0 Å². The number of hydrogen-bond donors (Lipinski definition) is 1. The Morgan fingerprint density at radius 3 is 2.65 bits per heavy atom. The fourth-order valence-electron chi connectivity index (χ4n) is 1.30. The molecule has 1 N–H and O–H groups in total. The quantitative estimate of drug-likeness (QED) is 0.945. The topological polar surface area (TPSA) is 51.1 Å². The van der Waals surface area contributed by atoms with Gasteiger partial charge in [-0.05, 0) is 24.3 Å². The molecule has 0 saturated carbocycles. The number of thiazole rings is 1. The summed E-state index contributed by atoms with van der Waals surface area (Å²) in [6, 6.07) is 7.26. The van der Waals surface area contributed by atoms with Crippen LogP contribution in [0.2, 0.25) is 0 Å². The summed E-state index contributed by atoms with van der Waals surface area (Å²) in [6.45, 7) is 0.0401. The van der Waals surface area contributed by atoms with Gasteiger partial charge in [-0.3, -0.25) is 14.2 Å². The first-order valence-corrected chi connectivity index (χ1v) is 6.52. The number of nitrogens with zero attached hydrogens (tertiary/aromatic N) is 1. The lowest BCUT2D eigenvalue weighted by Gasteiger charge is -2.05. The third-order valence-corrected chi connectivity index (χ3v) is 3.31. The number of carbonyl (C=O) groups excluding carboxylic acids is 1. The molecule has 4 nitrogen and oxygen atoms in total. The number of benzene rings is 1.